The minimum atomic E-state index is -3.68. The molecule has 0 aliphatic carbocycles. The van der Waals surface area contributed by atoms with Crippen molar-refractivity contribution in [3.63, 3.8) is 0 Å². The van der Waals surface area contributed by atoms with Crippen molar-refractivity contribution >= 4 is 49.2 Å². The molecule has 1 fully saturated rings. The van der Waals surface area contributed by atoms with Gasteiger partial charge in [-0.25, -0.2) is 8.42 Å². The third-order valence-corrected chi connectivity index (χ3v) is 6.25. The summed E-state index contributed by atoms with van der Waals surface area (Å²) in [6, 6.07) is 4.43. The van der Waals surface area contributed by atoms with E-state index in [0.29, 0.717) is 23.4 Å². The highest BCUT2D eigenvalue weighted by molar-refractivity contribution is 9.09. The van der Waals surface area contributed by atoms with Crippen LogP contribution >= 0.6 is 39.1 Å². The van der Waals surface area contributed by atoms with E-state index >= 15 is 0 Å². The zero-order valence-corrected chi connectivity index (χ0v) is 14.6. The van der Waals surface area contributed by atoms with Crippen molar-refractivity contribution in [2.75, 3.05) is 18.4 Å². The molecule has 2 unspecified atom stereocenters. The monoisotopic (exact) mass is 401 g/mol. The van der Waals surface area contributed by atoms with E-state index in [1.165, 1.54) is 16.4 Å². The standard InChI is InChI=1S/C12H14BrCl2NO3S/c1-8-6-16(7-10(5-13)19-8)20(17,18)12-4-9(14)2-3-11(12)15/h2-4,8,10H,5-7H2,1H3. The molecule has 0 radical (unpaired) electrons. The van der Waals surface area contributed by atoms with Gasteiger partial charge >= 0.3 is 0 Å². The van der Waals surface area contributed by atoms with Gasteiger partial charge in [0.05, 0.1) is 17.2 Å². The molecule has 1 aliphatic rings. The molecule has 8 heteroatoms. The van der Waals surface area contributed by atoms with E-state index in [0.717, 1.165) is 0 Å². The molecular weight excluding hydrogens is 389 g/mol. The fraction of sp³-hybridized carbons (Fsp3) is 0.500. The molecule has 0 spiro atoms. The van der Waals surface area contributed by atoms with E-state index in [1.54, 1.807) is 6.07 Å². The minimum Gasteiger partial charge on any atom is -0.372 e. The van der Waals surface area contributed by atoms with Crippen LogP contribution in [0.4, 0.5) is 0 Å². The Balaban J connectivity index is 2.36. The average Bonchev–Trinajstić information content (AvgIpc) is 2.40. The van der Waals surface area contributed by atoms with Crippen LogP contribution in [-0.4, -0.2) is 43.4 Å². The van der Waals surface area contributed by atoms with Gasteiger partial charge in [-0.1, -0.05) is 39.1 Å². The largest absolute Gasteiger partial charge is 0.372 e. The Hall–Kier alpha value is 0.150. The maximum atomic E-state index is 12.7. The number of hydrogen-bond acceptors (Lipinski definition) is 3. The highest BCUT2D eigenvalue weighted by Crippen LogP contribution is 2.29. The number of alkyl halides is 1. The Morgan fingerprint density at radius 2 is 2.10 bits per heavy atom. The van der Waals surface area contributed by atoms with Crippen molar-refractivity contribution in [1.29, 1.82) is 0 Å². The van der Waals surface area contributed by atoms with Gasteiger partial charge in [-0.15, -0.1) is 0 Å². The number of sulfonamides is 1. The highest BCUT2D eigenvalue weighted by atomic mass is 79.9. The molecule has 2 atom stereocenters. The fourth-order valence-corrected chi connectivity index (χ4v) is 4.74. The number of rotatable bonds is 3. The first-order valence-corrected chi connectivity index (χ1v) is 9.33. The van der Waals surface area contributed by atoms with Crippen LogP contribution in [-0.2, 0) is 14.8 Å². The SMILES string of the molecule is CC1CN(S(=O)(=O)c2cc(Cl)ccc2Cl)CC(CBr)O1. The molecule has 1 aromatic carbocycles. The summed E-state index contributed by atoms with van der Waals surface area (Å²) in [5.41, 5.74) is 0. The number of halogens is 3. The molecule has 20 heavy (non-hydrogen) atoms. The first-order chi connectivity index (χ1) is 9.34. The number of ether oxygens (including phenoxy) is 1. The lowest BCUT2D eigenvalue weighted by Crippen LogP contribution is -2.49. The Morgan fingerprint density at radius 1 is 1.40 bits per heavy atom. The van der Waals surface area contributed by atoms with E-state index in [1.807, 2.05) is 6.92 Å². The van der Waals surface area contributed by atoms with E-state index in [2.05, 4.69) is 15.9 Å². The summed E-state index contributed by atoms with van der Waals surface area (Å²) in [6.45, 7) is 2.44. The zero-order chi connectivity index (χ0) is 14.9. The van der Waals surface area contributed by atoms with Crippen LogP contribution in [0.2, 0.25) is 10.0 Å². The third kappa shape index (κ3) is 3.48. The number of hydrogen-bond donors (Lipinski definition) is 0. The van der Waals surface area contributed by atoms with Crippen molar-refractivity contribution in [3.05, 3.63) is 28.2 Å². The predicted octanol–water partition coefficient (Wildman–Crippen LogP) is 3.17. The highest BCUT2D eigenvalue weighted by Gasteiger charge is 2.34. The molecule has 2 rings (SSSR count). The summed E-state index contributed by atoms with van der Waals surface area (Å²) < 4.78 is 32.4. The summed E-state index contributed by atoms with van der Waals surface area (Å²) in [5.74, 6) is 0. The summed E-state index contributed by atoms with van der Waals surface area (Å²) in [7, 11) is -3.68. The second-order valence-corrected chi connectivity index (χ2v) is 8.02. The van der Waals surface area contributed by atoms with Gasteiger partial charge in [-0.05, 0) is 25.1 Å². The lowest BCUT2D eigenvalue weighted by Gasteiger charge is -2.35. The first-order valence-electron chi connectivity index (χ1n) is 6.01. The number of nitrogens with zero attached hydrogens (tertiary/aromatic N) is 1. The predicted molar refractivity (Wildman–Crippen MR) is 83.3 cm³/mol. The molecule has 1 saturated heterocycles. The van der Waals surface area contributed by atoms with Crippen LogP contribution in [0.3, 0.4) is 0 Å². The Morgan fingerprint density at radius 3 is 2.75 bits per heavy atom. The van der Waals surface area contributed by atoms with Crippen LogP contribution in [0, 0.1) is 0 Å². The van der Waals surface area contributed by atoms with Crippen molar-refractivity contribution in [2.45, 2.75) is 24.0 Å². The van der Waals surface area contributed by atoms with Gasteiger partial charge in [0.1, 0.15) is 4.90 Å². The molecule has 1 aliphatic heterocycles. The molecule has 1 heterocycles. The fourth-order valence-electron chi connectivity index (χ4n) is 2.10. The Bertz CT molecular complexity index is 596. The summed E-state index contributed by atoms with van der Waals surface area (Å²) in [4.78, 5) is 0.0362. The van der Waals surface area contributed by atoms with E-state index in [4.69, 9.17) is 27.9 Å². The molecule has 112 valence electrons. The van der Waals surface area contributed by atoms with Gasteiger partial charge in [0, 0.05) is 23.4 Å². The van der Waals surface area contributed by atoms with Crippen LogP contribution in [0.5, 0.6) is 0 Å². The van der Waals surface area contributed by atoms with Crippen molar-refractivity contribution in [1.82, 2.24) is 4.31 Å². The third-order valence-electron chi connectivity index (χ3n) is 2.98. The number of benzene rings is 1. The smallest absolute Gasteiger partial charge is 0.244 e. The second kappa shape index (κ2) is 6.50. The summed E-state index contributed by atoms with van der Waals surface area (Å²) in [5, 5.41) is 1.09. The van der Waals surface area contributed by atoms with Crippen LogP contribution in [0.15, 0.2) is 23.1 Å². The van der Waals surface area contributed by atoms with Crippen LogP contribution < -0.4 is 0 Å². The Labute approximate surface area is 137 Å². The minimum absolute atomic E-state index is 0.0362. The number of morpholine rings is 1. The lowest BCUT2D eigenvalue weighted by atomic mass is 10.3. The molecule has 0 saturated carbocycles. The van der Waals surface area contributed by atoms with E-state index < -0.39 is 10.0 Å². The van der Waals surface area contributed by atoms with Gasteiger partial charge in [0.15, 0.2) is 0 Å². The van der Waals surface area contributed by atoms with E-state index in [-0.39, 0.29) is 22.1 Å². The molecule has 0 N–H and O–H groups in total. The van der Waals surface area contributed by atoms with Crippen molar-refractivity contribution in [2.24, 2.45) is 0 Å². The van der Waals surface area contributed by atoms with Gasteiger partial charge < -0.3 is 4.74 Å². The van der Waals surface area contributed by atoms with Crippen molar-refractivity contribution in [3.8, 4) is 0 Å². The maximum Gasteiger partial charge on any atom is 0.244 e. The maximum absolute atomic E-state index is 12.7. The molecule has 1 aromatic rings. The van der Waals surface area contributed by atoms with Crippen LogP contribution in [0.1, 0.15) is 6.92 Å². The van der Waals surface area contributed by atoms with E-state index in [9.17, 15) is 8.42 Å². The van der Waals surface area contributed by atoms with Crippen LogP contribution in [0.25, 0.3) is 0 Å². The normalized spacial score (nSPS) is 24.8. The van der Waals surface area contributed by atoms with Crippen molar-refractivity contribution < 1.29 is 13.2 Å². The summed E-state index contributed by atoms with van der Waals surface area (Å²) in [6.07, 6.45) is -0.342. The Kier molecular flexibility index (Phi) is 5.37. The molecule has 0 aromatic heterocycles. The average molecular weight is 403 g/mol. The van der Waals surface area contributed by atoms with Gasteiger partial charge in [0.2, 0.25) is 10.0 Å². The first kappa shape index (κ1) is 16.5. The van der Waals surface area contributed by atoms with Gasteiger partial charge in [-0.2, -0.15) is 4.31 Å². The zero-order valence-electron chi connectivity index (χ0n) is 10.7. The van der Waals surface area contributed by atoms with Gasteiger partial charge in [0.25, 0.3) is 0 Å². The lowest BCUT2D eigenvalue weighted by molar-refractivity contribution is -0.0411. The topological polar surface area (TPSA) is 46.6 Å². The summed E-state index contributed by atoms with van der Waals surface area (Å²) >= 11 is 15.2. The molecule has 0 bridgehead atoms. The quantitative estimate of drug-likeness (QED) is 0.729. The van der Waals surface area contributed by atoms with Gasteiger partial charge in [-0.3, -0.25) is 0 Å². The molecule has 4 nitrogen and oxygen atoms in total. The molecule has 0 amide bonds. The second-order valence-electron chi connectivity index (χ2n) is 4.62. The molecular formula is C12H14BrCl2NO3S.